The minimum atomic E-state index is -0.539. The number of hydrogen-bond donors (Lipinski definition) is 3. The minimum Gasteiger partial charge on any atom is -0.399 e. The predicted octanol–water partition coefficient (Wildman–Crippen LogP) is 1.15. The number of aliphatic hydroxyl groups is 2. The monoisotopic (exact) mass is 250 g/mol. The summed E-state index contributed by atoms with van der Waals surface area (Å²) in [6.45, 7) is 4.15. The van der Waals surface area contributed by atoms with Gasteiger partial charge in [-0.05, 0) is 37.5 Å². The van der Waals surface area contributed by atoms with Crippen molar-refractivity contribution in [2.45, 2.75) is 31.5 Å². The summed E-state index contributed by atoms with van der Waals surface area (Å²) in [6.07, 6.45) is 1.04. The van der Waals surface area contributed by atoms with E-state index in [0.717, 1.165) is 31.5 Å². The highest BCUT2D eigenvalue weighted by Crippen LogP contribution is 2.23. The lowest BCUT2D eigenvalue weighted by atomic mass is 9.93. The topological polar surface area (TPSA) is 69.7 Å². The molecule has 4 nitrogen and oxygen atoms in total. The Balaban J connectivity index is 1.88. The van der Waals surface area contributed by atoms with Crippen LogP contribution in [0.1, 0.15) is 31.4 Å². The maximum absolute atomic E-state index is 10.1. The molecule has 0 bridgehead atoms. The van der Waals surface area contributed by atoms with Crippen molar-refractivity contribution in [3.05, 3.63) is 29.8 Å². The van der Waals surface area contributed by atoms with Gasteiger partial charge in [0.2, 0.25) is 0 Å². The average Bonchev–Trinajstić information content (AvgIpc) is 2.33. The summed E-state index contributed by atoms with van der Waals surface area (Å²) in [5.74, 6) is 0. The third-order valence-electron chi connectivity index (χ3n) is 3.69. The molecule has 0 aromatic heterocycles. The fourth-order valence-corrected chi connectivity index (χ4v) is 2.29. The smallest absolute Gasteiger partial charge is 0.0916 e. The first-order valence-electron chi connectivity index (χ1n) is 6.44. The second-order valence-electron chi connectivity index (χ2n) is 5.48. The molecule has 1 heterocycles. The van der Waals surface area contributed by atoms with Crippen LogP contribution in [-0.2, 0) is 0 Å². The van der Waals surface area contributed by atoms with Crippen molar-refractivity contribution in [1.82, 2.24) is 4.90 Å². The van der Waals surface area contributed by atoms with Crippen molar-refractivity contribution in [1.29, 1.82) is 0 Å². The van der Waals surface area contributed by atoms with E-state index in [2.05, 4.69) is 4.90 Å². The van der Waals surface area contributed by atoms with Gasteiger partial charge in [0.05, 0.1) is 11.7 Å². The summed E-state index contributed by atoms with van der Waals surface area (Å²) < 4.78 is 0. The predicted molar refractivity (Wildman–Crippen MR) is 72.1 cm³/mol. The van der Waals surface area contributed by atoms with Crippen molar-refractivity contribution in [2.75, 3.05) is 25.4 Å². The first kappa shape index (κ1) is 13.3. The highest BCUT2D eigenvalue weighted by molar-refractivity contribution is 5.39. The Morgan fingerprint density at radius 1 is 1.28 bits per heavy atom. The van der Waals surface area contributed by atoms with Gasteiger partial charge in [0, 0.05) is 25.3 Å². The molecule has 0 aliphatic carbocycles. The van der Waals surface area contributed by atoms with E-state index in [4.69, 9.17) is 5.73 Å². The molecule has 18 heavy (non-hydrogen) atoms. The second-order valence-corrected chi connectivity index (χ2v) is 5.48. The van der Waals surface area contributed by atoms with Gasteiger partial charge in [0.15, 0.2) is 0 Å². The zero-order valence-corrected chi connectivity index (χ0v) is 10.8. The largest absolute Gasteiger partial charge is 0.399 e. The minimum absolute atomic E-state index is 0.492. The van der Waals surface area contributed by atoms with Gasteiger partial charge >= 0.3 is 0 Å². The van der Waals surface area contributed by atoms with E-state index in [9.17, 15) is 10.2 Å². The standard InChI is InChI=1S/C14H22N2O2/c1-14(18)6-8-16(9-7-14)10-13(17)11-2-4-12(15)5-3-11/h2-5,13,17-18H,6-10,15H2,1H3. The summed E-state index contributed by atoms with van der Waals surface area (Å²) in [7, 11) is 0. The number of β-amino-alcohol motifs (C(OH)–C–C–N with tert-alkyl or cyclic N) is 1. The van der Waals surface area contributed by atoms with Crippen molar-refractivity contribution in [3.63, 3.8) is 0 Å². The molecule has 1 atom stereocenters. The molecule has 1 aliphatic heterocycles. The Kier molecular flexibility index (Phi) is 3.90. The molecule has 1 unspecified atom stereocenters. The van der Waals surface area contributed by atoms with Crippen LogP contribution in [0.25, 0.3) is 0 Å². The molecule has 1 aromatic carbocycles. The van der Waals surface area contributed by atoms with E-state index in [1.807, 2.05) is 19.1 Å². The molecule has 100 valence electrons. The maximum atomic E-state index is 10.1. The van der Waals surface area contributed by atoms with E-state index < -0.39 is 11.7 Å². The summed E-state index contributed by atoms with van der Waals surface area (Å²) >= 11 is 0. The molecule has 1 fully saturated rings. The van der Waals surface area contributed by atoms with Crippen LogP contribution in [0.2, 0.25) is 0 Å². The number of nitrogens with zero attached hydrogens (tertiary/aromatic N) is 1. The van der Waals surface area contributed by atoms with Crippen molar-refractivity contribution in [2.24, 2.45) is 0 Å². The van der Waals surface area contributed by atoms with Gasteiger partial charge in [0.25, 0.3) is 0 Å². The molecule has 0 radical (unpaired) electrons. The second kappa shape index (κ2) is 5.26. The van der Waals surface area contributed by atoms with Crippen LogP contribution in [0, 0.1) is 0 Å². The van der Waals surface area contributed by atoms with Gasteiger partial charge in [-0.2, -0.15) is 0 Å². The number of likely N-dealkylation sites (tertiary alicyclic amines) is 1. The van der Waals surface area contributed by atoms with Gasteiger partial charge in [0.1, 0.15) is 0 Å². The molecule has 2 rings (SSSR count). The first-order chi connectivity index (χ1) is 8.46. The Bertz CT molecular complexity index is 379. The van der Waals surface area contributed by atoms with E-state index in [1.54, 1.807) is 12.1 Å². The normalized spacial score (nSPS) is 21.7. The van der Waals surface area contributed by atoms with E-state index in [1.165, 1.54) is 0 Å². The molecule has 1 aliphatic rings. The molecule has 4 heteroatoms. The molecular weight excluding hydrogens is 228 g/mol. The molecule has 0 saturated carbocycles. The Morgan fingerprint density at radius 3 is 2.39 bits per heavy atom. The highest BCUT2D eigenvalue weighted by atomic mass is 16.3. The summed E-state index contributed by atoms with van der Waals surface area (Å²) in [5, 5.41) is 20.0. The average molecular weight is 250 g/mol. The third kappa shape index (κ3) is 3.45. The molecule has 1 aromatic rings. The van der Waals surface area contributed by atoms with Crippen LogP contribution in [0.4, 0.5) is 5.69 Å². The third-order valence-corrected chi connectivity index (χ3v) is 3.69. The van der Waals surface area contributed by atoms with Crippen LogP contribution in [0.3, 0.4) is 0 Å². The van der Waals surface area contributed by atoms with Gasteiger partial charge < -0.3 is 20.8 Å². The SMILES string of the molecule is CC1(O)CCN(CC(O)c2ccc(N)cc2)CC1. The Morgan fingerprint density at radius 2 is 1.83 bits per heavy atom. The zero-order valence-electron chi connectivity index (χ0n) is 10.8. The fraction of sp³-hybridized carbons (Fsp3) is 0.571. The fourth-order valence-electron chi connectivity index (χ4n) is 2.29. The Hall–Kier alpha value is -1.10. The van der Waals surface area contributed by atoms with E-state index >= 15 is 0 Å². The highest BCUT2D eigenvalue weighted by Gasteiger charge is 2.28. The van der Waals surface area contributed by atoms with Crippen molar-refractivity contribution in [3.8, 4) is 0 Å². The first-order valence-corrected chi connectivity index (χ1v) is 6.44. The van der Waals surface area contributed by atoms with Crippen LogP contribution in [0.15, 0.2) is 24.3 Å². The molecule has 0 spiro atoms. The van der Waals surface area contributed by atoms with E-state index in [-0.39, 0.29) is 0 Å². The lowest BCUT2D eigenvalue weighted by Crippen LogP contribution is -2.43. The van der Waals surface area contributed by atoms with Crippen molar-refractivity contribution >= 4 is 5.69 Å². The van der Waals surface area contributed by atoms with Crippen molar-refractivity contribution < 1.29 is 10.2 Å². The molecule has 1 saturated heterocycles. The maximum Gasteiger partial charge on any atom is 0.0916 e. The lowest BCUT2D eigenvalue weighted by molar-refractivity contribution is -0.0161. The lowest BCUT2D eigenvalue weighted by Gasteiger charge is -2.36. The van der Waals surface area contributed by atoms with Gasteiger partial charge in [-0.25, -0.2) is 0 Å². The van der Waals surface area contributed by atoms with Gasteiger partial charge in [-0.3, -0.25) is 0 Å². The van der Waals surface area contributed by atoms with Gasteiger partial charge in [-0.1, -0.05) is 12.1 Å². The quantitative estimate of drug-likeness (QED) is 0.704. The number of nitrogen functional groups attached to an aromatic ring is 1. The number of nitrogens with two attached hydrogens (primary N) is 1. The summed E-state index contributed by atoms with van der Waals surface area (Å²) in [4.78, 5) is 2.19. The van der Waals surface area contributed by atoms with Crippen LogP contribution in [-0.4, -0.2) is 40.3 Å². The van der Waals surface area contributed by atoms with Crippen LogP contribution >= 0.6 is 0 Å². The molecule has 4 N–H and O–H groups in total. The molecular formula is C14H22N2O2. The number of piperidine rings is 1. The number of benzene rings is 1. The number of hydrogen-bond acceptors (Lipinski definition) is 4. The summed E-state index contributed by atoms with van der Waals surface area (Å²) in [5.41, 5.74) is 6.68. The van der Waals surface area contributed by atoms with Gasteiger partial charge in [-0.15, -0.1) is 0 Å². The Labute approximate surface area is 108 Å². The number of aliphatic hydroxyl groups excluding tert-OH is 1. The van der Waals surface area contributed by atoms with Crippen LogP contribution < -0.4 is 5.73 Å². The van der Waals surface area contributed by atoms with E-state index in [0.29, 0.717) is 12.2 Å². The number of rotatable bonds is 3. The zero-order chi connectivity index (χ0) is 13.2. The number of anilines is 1. The molecule has 0 amide bonds. The summed E-state index contributed by atoms with van der Waals surface area (Å²) in [6, 6.07) is 7.33. The van der Waals surface area contributed by atoms with Crippen LogP contribution in [0.5, 0.6) is 0 Å².